The van der Waals surface area contributed by atoms with Crippen LogP contribution in [0.2, 0.25) is 0 Å². The summed E-state index contributed by atoms with van der Waals surface area (Å²) in [6.45, 7) is 8.71. The van der Waals surface area contributed by atoms with Gasteiger partial charge in [0.05, 0.1) is 29.1 Å². The molecule has 2 aliphatic rings. The largest absolute Gasteiger partial charge is 0.469 e. The highest BCUT2D eigenvalue weighted by molar-refractivity contribution is 6.09. The number of unbranched alkanes of at least 4 members (excludes halogenated alkanes) is 1. The van der Waals surface area contributed by atoms with Crippen molar-refractivity contribution in [2.45, 2.75) is 104 Å². The van der Waals surface area contributed by atoms with Crippen LogP contribution in [0.15, 0.2) is 409 Å². The van der Waals surface area contributed by atoms with Gasteiger partial charge in [-0.05, 0) is 206 Å². The fraction of sp³-hybridized carbons (Fsp3) is 0.174. The highest BCUT2D eigenvalue weighted by Gasteiger charge is 2.23. The fourth-order valence-electron chi connectivity index (χ4n) is 14.4. The Morgan fingerprint density at radius 3 is 0.863 bits per heavy atom. The molecule has 706 valence electrons. The summed E-state index contributed by atoms with van der Waals surface area (Å²) in [6, 6.07) is 107. The molecule has 3 heterocycles. The number of hydrogen-bond donors (Lipinski definition) is 5. The normalized spacial score (nSPS) is 13.0. The number of piperidine rings is 2. The molecule has 14 rings (SSSR count). The van der Waals surface area contributed by atoms with Crippen molar-refractivity contribution in [1.29, 1.82) is 0 Å². The summed E-state index contributed by atoms with van der Waals surface area (Å²) in [7, 11) is 0. The first-order valence-corrected chi connectivity index (χ1v) is 47.2. The van der Waals surface area contributed by atoms with Gasteiger partial charge in [-0.3, -0.25) is 47.9 Å². The number of amides is 6. The van der Waals surface area contributed by atoms with Gasteiger partial charge in [0.15, 0.2) is 23.1 Å². The van der Waals surface area contributed by atoms with E-state index in [1.807, 2.05) is 352 Å². The van der Waals surface area contributed by atoms with Crippen LogP contribution < -0.4 is 26.6 Å². The molecule has 5 N–H and O–H groups in total. The van der Waals surface area contributed by atoms with Gasteiger partial charge in [-0.25, -0.2) is 0 Å². The molecule has 0 unspecified atom stereocenters. The van der Waals surface area contributed by atoms with E-state index in [4.69, 9.17) is 4.42 Å². The summed E-state index contributed by atoms with van der Waals surface area (Å²) in [4.78, 5) is 130. The highest BCUT2D eigenvalue weighted by atomic mass is 16.3. The van der Waals surface area contributed by atoms with Crippen LogP contribution in [0.3, 0.4) is 0 Å². The van der Waals surface area contributed by atoms with Crippen LogP contribution in [0.4, 0.5) is 0 Å². The minimum absolute atomic E-state index is 0.0303. The van der Waals surface area contributed by atoms with Crippen LogP contribution in [-0.2, 0) is 60.8 Å². The van der Waals surface area contributed by atoms with E-state index in [0.29, 0.717) is 36.4 Å². The first-order chi connectivity index (χ1) is 67.9. The Morgan fingerprint density at radius 2 is 0.561 bits per heavy atom. The van der Waals surface area contributed by atoms with Crippen LogP contribution >= 0.6 is 0 Å². The lowest BCUT2D eigenvalue weighted by molar-refractivity contribution is -0.129. The molecule has 6 amide bonds. The molecule has 0 atom stereocenters. The van der Waals surface area contributed by atoms with Gasteiger partial charge in [-0.2, -0.15) is 0 Å². The van der Waals surface area contributed by atoms with Gasteiger partial charge in [0.25, 0.3) is 5.91 Å². The molecule has 0 radical (unpaired) electrons. The Hall–Kier alpha value is -16.4. The molecule has 2 fully saturated rings. The fourth-order valence-corrected chi connectivity index (χ4v) is 14.4. The number of carbonyl (C=O) groups excluding carboxylic acids is 10. The first kappa shape index (κ1) is 105. The Balaban J connectivity index is 0.000000179. The van der Waals surface area contributed by atoms with Crippen LogP contribution in [0.1, 0.15) is 156 Å². The molecular weight excluding hydrogens is 1730 g/mol. The van der Waals surface area contributed by atoms with Crippen LogP contribution in [0, 0.1) is 6.92 Å². The lowest BCUT2D eigenvalue weighted by Gasteiger charge is -2.27. The monoisotopic (exact) mass is 1850 g/mol. The molecule has 2 saturated heterocycles. The van der Waals surface area contributed by atoms with Crippen molar-refractivity contribution in [3.05, 3.63) is 477 Å². The molecular formula is C121H121N7O11. The van der Waals surface area contributed by atoms with Crippen molar-refractivity contribution in [3.8, 4) is 0 Å². The van der Waals surface area contributed by atoms with Crippen LogP contribution in [0.25, 0.3) is 60.8 Å². The molecule has 2 aliphatic heterocycles. The maximum atomic E-state index is 12.9. The van der Waals surface area contributed by atoms with Gasteiger partial charge in [0.2, 0.25) is 29.5 Å². The number of nitrogens with one attached hydrogen (secondary N) is 5. The molecule has 18 nitrogen and oxygen atoms in total. The van der Waals surface area contributed by atoms with Crippen LogP contribution in [-0.4, -0.2) is 101 Å². The number of rotatable bonds is 37. The maximum Gasteiger partial charge on any atom is 0.270 e. The maximum absolute atomic E-state index is 12.9. The summed E-state index contributed by atoms with van der Waals surface area (Å²) in [5.41, 5.74) is 12.6. The second-order valence-electron chi connectivity index (χ2n) is 32.9. The van der Waals surface area contributed by atoms with Gasteiger partial charge >= 0.3 is 0 Å². The second kappa shape index (κ2) is 60.7. The van der Waals surface area contributed by atoms with Gasteiger partial charge < -0.3 is 40.8 Å². The number of aryl methyl sites for hydroxylation is 2. The van der Waals surface area contributed by atoms with E-state index in [2.05, 4.69) is 31.5 Å². The Kier molecular flexibility index (Phi) is 45.7. The van der Waals surface area contributed by atoms with Crippen molar-refractivity contribution in [3.63, 3.8) is 0 Å². The summed E-state index contributed by atoms with van der Waals surface area (Å²) < 4.78 is 5.28. The standard InChI is InChI=1S/C26H30N2O2.C26H23NO2.C24H21NO3.C23H24N2O2.C22H23NO2/c29-25(15-10-20-28-18-8-3-9-19-28)24(21-23-13-6-2-7-14-23)27-26(30)17-16-22-11-4-1-5-12-22;1-20-12-14-23(15-13-20)19-25(28)24(18-22-10-6-3-7-11-22)27-26(29)17-16-21-8-4-2-5-9-21;26-23(15-14-21-12-7-17-28-21)22(18-20-10-5-2-6-11-20)25-24(27)16-13-19-8-3-1-4-9-19;26-22(15-14-19-10-4-1-5-11-19)24-21(18-20-12-6-2-7-13-20)23(27)25-16-8-3-9-17-25;1-2-3-14-21(24)20(17-19-12-8-5-9-13-19)23-22(25)16-15-18-10-6-4-7-11-18/h1-2,4-7,11-14,16-17,21H,3,8-10,15,18-20H2,(H,27,30);2-18H,19H2,1H3,(H,27,29);1-13,16-18H,14-15H2,(H,25,27);1-2,4-7,10-15,18H,3,8-9,16-17H2,(H,24,26);4-13,15-17H,2-3,14H2,1H3,(H,23,25)/b17-16+,24-21-;17-16+,24-18-;16-13+,22-18-;15-14+,21-18-;16-15+,20-17-. The number of nitrogens with zero attached hydrogens (tertiary/aromatic N) is 2. The van der Waals surface area contributed by atoms with E-state index in [1.54, 1.807) is 73.1 Å². The van der Waals surface area contributed by atoms with E-state index in [1.165, 1.54) is 49.6 Å². The van der Waals surface area contributed by atoms with E-state index >= 15 is 0 Å². The number of carbonyl (C=O) groups is 10. The zero-order valence-corrected chi connectivity index (χ0v) is 78.9. The van der Waals surface area contributed by atoms with E-state index in [9.17, 15) is 47.9 Å². The molecule has 11 aromatic carbocycles. The molecule has 1 aromatic heterocycles. The van der Waals surface area contributed by atoms with E-state index in [0.717, 1.165) is 144 Å². The first-order valence-electron chi connectivity index (χ1n) is 47.2. The van der Waals surface area contributed by atoms with Crippen molar-refractivity contribution in [2.75, 3.05) is 32.7 Å². The lowest BCUT2D eigenvalue weighted by Crippen LogP contribution is -2.40. The molecule has 0 aliphatic carbocycles. The average molecular weight is 1850 g/mol. The summed E-state index contributed by atoms with van der Waals surface area (Å²) in [6.07, 6.45) is 37.4. The number of benzene rings is 11. The number of Topliss-reactive ketones (excluding diaryl/α,β-unsaturated/α-hetero) is 4. The number of likely N-dealkylation sites (tertiary alicyclic amines) is 2. The Morgan fingerprint density at radius 1 is 0.288 bits per heavy atom. The quantitative estimate of drug-likeness (QED) is 0.0228. The SMILES string of the molecule is CCCCC(=O)/C(=C/c1ccccc1)NC(=O)/C=C/c1ccccc1.Cc1ccc(CC(=O)/C(=C/c2ccccc2)NC(=O)/C=C/c2ccccc2)cc1.O=C(/C=C/c1ccccc1)N/C(=C\c1ccccc1)C(=O)CCCN1CCCCC1.O=C(/C=C/c1ccccc1)N/C(=C\c1ccccc1)C(=O)CCc1ccco1.O=C(/C=C/c1ccccc1)N/C(=C\c1ccccc1)C(=O)N1CCCCC1. The van der Waals surface area contributed by atoms with Crippen LogP contribution in [0.5, 0.6) is 0 Å². The molecule has 0 bridgehead atoms. The van der Waals surface area contributed by atoms with E-state index < -0.39 is 0 Å². The number of furan rings is 1. The Bertz CT molecular complexity index is 6170. The van der Waals surface area contributed by atoms with Gasteiger partial charge in [0.1, 0.15) is 11.5 Å². The molecule has 12 aromatic rings. The third-order valence-corrected chi connectivity index (χ3v) is 21.8. The topological polar surface area (TPSA) is 250 Å². The molecule has 18 heteroatoms. The summed E-state index contributed by atoms with van der Waals surface area (Å²) >= 11 is 0. The minimum Gasteiger partial charge on any atom is -0.469 e. The number of allylic oxidation sites excluding steroid dienone is 4. The third kappa shape index (κ3) is 41.5. The van der Waals surface area contributed by atoms with Crippen molar-refractivity contribution < 1.29 is 52.4 Å². The highest BCUT2D eigenvalue weighted by Crippen LogP contribution is 2.21. The van der Waals surface area contributed by atoms with Gasteiger partial charge in [0, 0.05) is 75.6 Å². The average Bonchev–Trinajstić information content (AvgIpc) is 1.28. The third-order valence-electron chi connectivity index (χ3n) is 21.8. The summed E-state index contributed by atoms with van der Waals surface area (Å²) in [5.74, 6) is -1.37. The minimum atomic E-state index is -0.350. The van der Waals surface area contributed by atoms with Gasteiger partial charge in [-0.15, -0.1) is 0 Å². The number of hydrogen-bond acceptors (Lipinski definition) is 12. The lowest BCUT2D eigenvalue weighted by atomic mass is 10.0. The molecule has 139 heavy (non-hydrogen) atoms. The zero-order valence-electron chi connectivity index (χ0n) is 78.9. The number of ketones is 4. The smallest absolute Gasteiger partial charge is 0.270 e. The van der Waals surface area contributed by atoms with Crippen molar-refractivity contribution >= 4 is 119 Å². The molecule has 0 spiro atoms. The van der Waals surface area contributed by atoms with Gasteiger partial charge in [-0.1, -0.05) is 353 Å². The van der Waals surface area contributed by atoms with E-state index in [-0.39, 0.29) is 82.8 Å². The predicted octanol–water partition coefficient (Wildman–Crippen LogP) is 22.8. The second-order valence-corrected chi connectivity index (χ2v) is 32.9. The Labute approximate surface area is 816 Å². The summed E-state index contributed by atoms with van der Waals surface area (Å²) in [5, 5.41) is 13.8. The van der Waals surface area contributed by atoms with Crippen molar-refractivity contribution in [2.24, 2.45) is 0 Å². The van der Waals surface area contributed by atoms with Crippen molar-refractivity contribution in [1.82, 2.24) is 36.4 Å². The zero-order chi connectivity index (χ0) is 97.9. The molecule has 0 saturated carbocycles. The predicted molar refractivity (Wildman–Crippen MR) is 562 cm³/mol.